The van der Waals surface area contributed by atoms with Gasteiger partial charge >= 0.3 is 0 Å². The summed E-state index contributed by atoms with van der Waals surface area (Å²) >= 11 is 6.59. The van der Waals surface area contributed by atoms with E-state index in [1.165, 1.54) is 6.92 Å². The van der Waals surface area contributed by atoms with Gasteiger partial charge < -0.3 is 5.32 Å². The number of Topliss-reactive ketones (excluding diaryl/α,β-unsaturated/α-hetero) is 1. The van der Waals surface area contributed by atoms with Crippen molar-refractivity contribution in [3.8, 4) is 0 Å². The second kappa shape index (κ2) is 4.55. The predicted octanol–water partition coefficient (Wildman–Crippen LogP) is 1.38. The minimum Gasteiger partial charge on any atom is -0.354 e. The van der Waals surface area contributed by atoms with Crippen LogP contribution in [0.4, 0.5) is 0 Å². The van der Waals surface area contributed by atoms with Crippen LogP contribution in [-0.2, 0) is 9.59 Å². The third-order valence-electron chi connectivity index (χ3n) is 2.01. The predicted molar refractivity (Wildman–Crippen MR) is 57.3 cm³/mol. The molecule has 1 rings (SSSR count). The summed E-state index contributed by atoms with van der Waals surface area (Å²) in [5.74, 6) is 0.125. The molecule has 5 heteroatoms. The number of halogens is 2. The number of ketones is 1. The summed E-state index contributed by atoms with van der Waals surface area (Å²) in [5.41, 5.74) is 0. The number of amides is 1. The summed E-state index contributed by atoms with van der Waals surface area (Å²) in [6.45, 7) is 1.49. The molecule has 1 aliphatic rings. The van der Waals surface area contributed by atoms with E-state index < -0.39 is 0 Å². The fourth-order valence-corrected chi connectivity index (χ4v) is 3.33. The molecule has 0 aromatic heterocycles. The van der Waals surface area contributed by atoms with Crippen molar-refractivity contribution in [1.82, 2.24) is 5.32 Å². The van der Waals surface area contributed by atoms with Gasteiger partial charge in [0, 0.05) is 13.0 Å². The Bertz CT molecular complexity index is 218. The standard InChI is InChI=1S/C8H11Br2NO2/c1-4(12)11-5-2-6(9)8(13)7(10)3-5/h5-7H,2-3H2,1H3,(H,11,12). The first kappa shape index (κ1) is 11.2. The third-order valence-corrected chi connectivity index (χ3v) is 3.66. The van der Waals surface area contributed by atoms with Gasteiger partial charge in [0.15, 0.2) is 5.78 Å². The van der Waals surface area contributed by atoms with Crippen LogP contribution >= 0.6 is 31.9 Å². The summed E-state index contributed by atoms with van der Waals surface area (Å²) in [6, 6.07) is 0.101. The van der Waals surface area contributed by atoms with Crippen molar-refractivity contribution < 1.29 is 9.59 Å². The number of carbonyl (C=O) groups excluding carboxylic acids is 2. The smallest absolute Gasteiger partial charge is 0.217 e. The molecular weight excluding hydrogens is 302 g/mol. The van der Waals surface area contributed by atoms with E-state index in [2.05, 4.69) is 37.2 Å². The number of hydrogen-bond acceptors (Lipinski definition) is 2. The van der Waals surface area contributed by atoms with E-state index in [1.54, 1.807) is 0 Å². The second-order valence-electron chi connectivity index (χ2n) is 3.21. The largest absolute Gasteiger partial charge is 0.354 e. The summed E-state index contributed by atoms with van der Waals surface area (Å²) in [4.78, 5) is 21.9. The first-order chi connectivity index (χ1) is 6.00. The molecule has 3 nitrogen and oxygen atoms in total. The Kier molecular flexibility index (Phi) is 3.91. The fraction of sp³-hybridized carbons (Fsp3) is 0.750. The number of alkyl halides is 2. The van der Waals surface area contributed by atoms with Crippen molar-refractivity contribution in [2.45, 2.75) is 35.5 Å². The number of rotatable bonds is 1. The first-order valence-corrected chi connectivity index (χ1v) is 5.93. The quantitative estimate of drug-likeness (QED) is 0.744. The molecule has 13 heavy (non-hydrogen) atoms. The molecule has 1 fully saturated rings. The molecule has 1 saturated carbocycles. The Morgan fingerprint density at radius 3 is 2.23 bits per heavy atom. The lowest BCUT2D eigenvalue weighted by Gasteiger charge is -2.28. The van der Waals surface area contributed by atoms with Crippen LogP contribution < -0.4 is 5.32 Å². The molecule has 0 bridgehead atoms. The summed E-state index contributed by atoms with van der Waals surface area (Å²) in [6.07, 6.45) is 1.36. The van der Waals surface area contributed by atoms with Crippen molar-refractivity contribution in [2.75, 3.05) is 0 Å². The Morgan fingerprint density at radius 1 is 1.38 bits per heavy atom. The number of hydrogen-bond donors (Lipinski definition) is 1. The maximum absolute atomic E-state index is 11.3. The van der Waals surface area contributed by atoms with Gasteiger partial charge in [0.25, 0.3) is 0 Å². The maximum atomic E-state index is 11.3. The summed E-state index contributed by atoms with van der Waals surface area (Å²) in [7, 11) is 0. The van der Waals surface area contributed by atoms with Crippen LogP contribution in [0.2, 0.25) is 0 Å². The topological polar surface area (TPSA) is 46.2 Å². The molecule has 1 N–H and O–H groups in total. The van der Waals surface area contributed by atoms with Crippen LogP contribution in [-0.4, -0.2) is 27.4 Å². The number of nitrogens with one attached hydrogen (secondary N) is 1. The highest BCUT2D eigenvalue weighted by molar-refractivity contribution is 9.10. The fourth-order valence-electron chi connectivity index (χ4n) is 1.43. The maximum Gasteiger partial charge on any atom is 0.217 e. The van der Waals surface area contributed by atoms with E-state index in [4.69, 9.17) is 0 Å². The Morgan fingerprint density at radius 2 is 1.85 bits per heavy atom. The van der Waals surface area contributed by atoms with Crippen LogP contribution in [0, 0.1) is 0 Å². The van der Waals surface area contributed by atoms with Crippen LogP contribution in [0.1, 0.15) is 19.8 Å². The van der Waals surface area contributed by atoms with E-state index >= 15 is 0 Å². The van der Waals surface area contributed by atoms with E-state index in [-0.39, 0.29) is 27.4 Å². The van der Waals surface area contributed by atoms with E-state index in [1.807, 2.05) is 0 Å². The molecule has 0 aliphatic heterocycles. The molecule has 0 saturated heterocycles. The highest BCUT2D eigenvalue weighted by atomic mass is 79.9. The average molecular weight is 313 g/mol. The Labute approximate surface area is 93.9 Å². The summed E-state index contributed by atoms with van der Waals surface area (Å²) < 4.78 is 0. The minimum atomic E-state index is -0.137. The molecule has 74 valence electrons. The number of carbonyl (C=O) groups is 2. The van der Waals surface area contributed by atoms with Crippen LogP contribution in [0.5, 0.6) is 0 Å². The van der Waals surface area contributed by atoms with Gasteiger partial charge in [0.05, 0.1) is 9.65 Å². The first-order valence-electron chi connectivity index (χ1n) is 4.09. The zero-order valence-corrected chi connectivity index (χ0v) is 10.4. The molecule has 0 aromatic rings. The van der Waals surface area contributed by atoms with Gasteiger partial charge in [-0.05, 0) is 12.8 Å². The normalized spacial score (nSPS) is 34.4. The zero-order chi connectivity index (χ0) is 10.0. The minimum absolute atomic E-state index is 0.0428. The molecular formula is C8H11Br2NO2. The van der Waals surface area contributed by atoms with Gasteiger partial charge in [0.1, 0.15) is 0 Å². The molecule has 2 atom stereocenters. The Hall–Kier alpha value is 0.1000. The van der Waals surface area contributed by atoms with Gasteiger partial charge in [-0.15, -0.1) is 0 Å². The molecule has 0 heterocycles. The molecule has 1 aliphatic carbocycles. The van der Waals surface area contributed by atoms with E-state index in [0.29, 0.717) is 12.8 Å². The van der Waals surface area contributed by atoms with Gasteiger partial charge in [-0.25, -0.2) is 0 Å². The third kappa shape index (κ3) is 3.06. The van der Waals surface area contributed by atoms with Crippen molar-refractivity contribution >= 4 is 43.6 Å². The van der Waals surface area contributed by atoms with Crippen molar-refractivity contribution in [2.24, 2.45) is 0 Å². The van der Waals surface area contributed by atoms with Crippen LogP contribution in [0.3, 0.4) is 0 Å². The monoisotopic (exact) mass is 311 g/mol. The lowest BCUT2D eigenvalue weighted by atomic mass is 9.94. The zero-order valence-electron chi connectivity index (χ0n) is 7.22. The SMILES string of the molecule is CC(=O)NC1CC(Br)C(=O)C(Br)C1. The molecule has 0 radical (unpaired) electrons. The highest BCUT2D eigenvalue weighted by Crippen LogP contribution is 2.26. The van der Waals surface area contributed by atoms with Gasteiger partial charge in [-0.1, -0.05) is 31.9 Å². The van der Waals surface area contributed by atoms with Crippen molar-refractivity contribution in [3.05, 3.63) is 0 Å². The lowest BCUT2D eigenvalue weighted by Crippen LogP contribution is -2.45. The second-order valence-corrected chi connectivity index (χ2v) is 5.42. The average Bonchev–Trinajstić information content (AvgIpc) is 1.98. The van der Waals surface area contributed by atoms with Gasteiger partial charge in [-0.3, -0.25) is 9.59 Å². The molecule has 0 spiro atoms. The molecule has 2 unspecified atom stereocenters. The van der Waals surface area contributed by atoms with E-state index in [9.17, 15) is 9.59 Å². The summed E-state index contributed by atoms with van der Waals surface area (Å²) in [5, 5.41) is 2.81. The van der Waals surface area contributed by atoms with Crippen LogP contribution in [0.25, 0.3) is 0 Å². The lowest BCUT2D eigenvalue weighted by molar-refractivity contribution is -0.122. The Balaban J connectivity index is 2.53. The van der Waals surface area contributed by atoms with Gasteiger partial charge in [-0.2, -0.15) is 0 Å². The van der Waals surface area contributed by atoms with E-state index in [0.717, 1.165) is 0 Å². The van der Waals surface area contributed by atoms with Crippen LogP contribution in [0.15, 0.2) is 0 Å². The van der Waals surface area contributed by atoms with Gasteiger partial charge in [0.2, 0.25) is 5.91 Å². The van der Waals surface area contributed by atoms with Crippen molar-refractivity contribution in [1.29, 1.82) is 0 Å². The molecule has 1 amide bonds. The van der Waals surface area contributed by atoms with Crippen molar-refractivity contribution in [3.63, 3.8) is 0 Å². The molecule has 0 aromatic carbocycles. The highest BCUT2D eigenvalue weighted by Gasteiger charge is 2.33.